The summed E-state index contributed by atoms with van der Waals surface area (Å²) in [4.78, 5) is 25.7. The first kappa shape index (κ1) is 19.6. The average Bonchev–Trinajstić information content (AvgIpc) is 2.65. The number of carbonyl (C=O) groups excluding carboxylic acids is 2. The normalized spacial score (nSPS) is 22.8. The number of aryl methyl sites for hydroxylation is 1. The van der Waals surface area contributed by atoms with Crippen LogP contribution in [0.4, 0.5) is 4.39 Å². The molecule has 0 radical (unpaired) electrons. The number of hydrogen-bond donors (Lipinski definition) is 2. The Morgan fingerprint density at radius 2 is 1.89 bits per heavy atom. The van der Waals surface area contributed by atoms with Gasteiger partial charge in [-0.2, -0.15) is 5.26 Å². The number of nitriles is 1. The van der Waals surface area contributed by atoms with E-state index in [-0.39, 0.29) is 30.0 Å². The van der Waals surface area contributed by atoms with Crippen LogP contribution in [0.2, 0.25) is 0 Å². The van der Waals surface area contributed by atoms with Crippen LogP contribution in [0.15, 0.2) is 42.5 Å². The van der Waals surface area contributed by atoms with E-state index in [9.17, 15) is 19.2 Å². The van der Waals surface area contributed by atoms with Crippen LogP contribution in [0.3, 0.4) is 0 Å². The van der Waals surface area contributed by atoms with Crippen LogP contribution < -0.4 is 10.6 Å². The molecule has 0 bridgehead atoms. The van der Waals surface area contributed by atoms with E-state index < -0.39 is 11.6 Å². The third kappa shape index (κ3) is 3.61. The minimum Gasteiger partial charge on any atom is -0.342 e. The second kappa shape index (κ2) is 7.43. The number of halogens is 1. The van der Waals surface area contributed by atoms with E-state index in [1.54, 1.807) is 31.2 Å². The maximum Gasteiger partial charge on any atom is 0.246 e. The monoisotopic (exact) mass is 379 g/mol. The van der Waals surface area contributed by atoms with Gasteiger partial charge in [-0.15, -0.1) is 0 Å². The lowest BCUT2D eigenvalue weighted by molar-refractivity contribution is -0.141. The van der Waals surface area contributed by atoms with Gasteiger partial charge in [0.05, 0.1) is 11.6 Å². The minimum absolute atomic E-state index is 0.250. The molecular formula is C22H22FN3O2. The first-order valence-electron chi connectivity index (χ1n) is 9.12. The smallest absolute Gasteiger partial charge is 0.246 e. The molecular weight excluding hydrogens is 357 g/mol. The molecule has 1 aliphatic heterocycles. The molecule has 2 amide bonds. The Labute approximate surface area is 163 Å². The fourth-order valence-electron chi connectivity index (χ4n) is 3.81. The number of hydrogen-bond acceptors (Lipinski definition) is 3. The third-order valence-electron chi connectivity index (χ3n) is 5.34. The van der Waals surface area contributed by atoms with Crippen LogP contribution in [0.25, 0.3) is 0 Å². The number of nitrogens with one attached hydrogen (secondary N) is 2. The highest BCUT2D eigenvalue weighted by Crippen LogP contribution is 2.29. The molecule has 0 saturated carbocycles. The molecule has 3 atom stereocenters. The Morgan fingerprint density at radius 1 is 1.21 bits per heavy atom. The van der Waals surface area contributed by atoms with Crippen LogP contribution in [0.1, 0.15) is 42.0 Å². The zero-order valence-corrected chi connectivity index (χ0v) is 16.0. The molecule has 1 saturated heterocycles. The number of benzene rings is 2. The second-order valence-electron chi connectivity index (χ2n) is 7.51. The Bertz CT molecular complexity index is 965. The van der Waals surface area contributed by atoms with E-state index in [4.69, 9.17) is 0 Å². The number of amides is 2. The van der Waals surface area contributed by atoms with Crippen molar-refractivity contribution in [2.45, 2.75) is 44.7 Å². The van der Waals surface area contributed by atoms with Crippen LogP contribution in [-0.4, -0.2) is 23.4 Å². The molecule has 1 aliphatic rings. The zero-order valence-electron chi connectivity index (χ0n) is 16.0. The first-order chi connectivity index (χ1) is 13.2. The molecule has 144 valence electrons. The summed E-state index contributed by atoms with van der Waals surface area (Å²) in [7, 11) is 0. The van der Waals surface area contributed by atoms with Gasteiger partial charge in [0.15, 0.2) is 0 Å². The van der Waals surface area contributed by atoms with Gasteiger partial charge >= 0.3 is 0 Å². The molecule has 2 aromatic carbocycles. The van der Waals surface area contributed by atoms with Gasteiger partial charge in [-0.3, -0.25) is 9.59 Å². The predicted molar refractivity (Wildman–Crippen MR) is 103 cm³/mol. The van der Waals surface area contributed by atoms with Gasteiger partial charge in [-0.25, -0.2) is 4.39 Å². The van der Waals surface area contributed by atoms with Crippen LogP contribution in [0, 0.1) is 24.1 Å². The molecule has 2 aromatic rings. The zero-order chi connectivity index (χ0) is 20.5. The summed E-state index contributed by atoms with van der Waals surface area (Å²) in [6.45, 7) is 5.36. The summed E-state index contributed by atoms with van der Waals surface area (Å²) in [5.74, 6) is -1.33. The molecule has 3 unspecified atom stereocenters. The number of nitrogens with zero attached hydrogens (tertiary/aromatic N) is 1. The van der Waals surface area contributed by atoms with Crippen molar-refractivity contribution in [1.82, 2.24) is 10.6 Å². The molecule has 2 N–H and O–H groups in total. The van der Waals surface area contributed by atoms with Gasteiger partial charge < -0.3 is 10.6 Å². The number of piperazine rings is 1. The van der Waals surface area contributed by atoms with Crippen molar-refractivity contribution in [2.75, 3.05) is 0 Å². The summed E-state index contributed by atoms with van der Waals surface area (Å²) in [5.41, 5.74) is 1.76. The summed E-state index contributed by atoms with van der Waals surface area (Å²) in [6, 6.07) is 12.6. The molecule has 5 nitrogen and oxygen atoms in total. The molecule has 3 rings (SSSR count). The van der Waals surface area contributed by atoms with Gasteiger partial charge in [-0.1, -0.05) is 31.2 Å². The van der Waals surface area contributed by atoms with E-state index in [1.807, 2.05) is 19.9 Å². The molecule has 1 fully saturated rings. The molecule has 1 heterocycles. The minimum atomic E-state index is -1.13. The fourth-order valence-corrected chi connectivity index (χ4v) is 3.81. The maximum absolute atomic E-state index is 13.1. The van der Waals surface area contributed by atoms with E-state index in [0.29, 0.717) is 5.56 Å². The average molecular weight is 379 g/mol. The standard InChI is InChI=1S/C22H22FN3O2/c1-13-5-4-6-16(12-24)18(13)14(2)19-20(27)26-22(3,21(28)25-19)11-15-7-9-17(23)10-8-15/h4-10,14,19H,11H2,1-3H3,(H,25,28)(H,26,27). The van der Waals surface area contributed by atoms with Crippen molar-refractivity contribution in [1.29, 1.82) is 5.26 Å². The second-order valence-corrected chi connectivity index (χ2v) is 7.51. The highest BCUT2D eigenvalue weighted by atomic mass is 19.1. The number of carbonyl (C=O) groups is 2. The fraction of sp³-hybridized carbons (Fsp3) is 0.318. The van der Waals surface area contributed by atoms with E-state index >= 15 is 0 Å². The lowest BCUT2D eigenvalue weighted by Crippen LogP contribution is -2.69. The SMILES string of the molecule is Cc1cccc(C#N)c1C(C)C1NC(=O)C(C)(Cc2ccc(F)cc2)NC1=O. The van der Waals surface area contributed by atoms with Crippen molar-refractivity contribution in [2.24, 2.45) is 0 Å². The highest BCUT2D eigenvalue weighted by Gasteiger charge is 2.45. The Balaban J connectivity index is 1.84. The van der Waals surface area contributed by atoms with Crippen molar-refractivity contribution in [3.63, 3.8) is 0 Å². The topological polar surface area (TPSA) is 82.0 Å². The summed E-state index contributed by atoms with van der Waals surface area (Å²) in [6.07, 6.45) is 0.250. The quantitative estimate of drug-likeness (QED) is 0.857. The van der Waals surface area contributed by atoms with Crippen molar-refractivity contribution in [3.8, 4) is 6.07 Å². The van der Waals surface area contributed by atoms with Crippen molar-refractivity contribution in [3.05, 3.63) is 70.5 Å². The number of rotatable bonds is 4. The van der Waals surface area contributed by atoms with Crippen LogP contribution in [0.5, 0.6) is 0 Å². The van der Waals surface area contributed by atoms with Gasteiger partial charge in [0.1, 0.15) is 17.4 Å². The van der Waals surface area contributed by atoms with E-state index in [1.165, 1.54) is 12.1 Å². The Morgan fingerprint density at radius 3 is 2.54 bits per heavy atom. The lowest BCUT2D eigenvalue weighted by Gasteiger charge is -2.40. The van der Waals surface area contributed by atoms with Crippen molar-refractivity contribution >= 4 is 11.8 Å². The highest BCUT2D eigenvalue weighted by molar-refractivity contribution is 6.00. The molecule has 6 heteroatoms. The molecule has 0 aromatic heterocycles. The summed E-state index contributed by atoms with van der Waals surface area (Å²) >= 11 is 0. The first-order valence-corrected chi connectivity index (χ1v) is 9.12. The Kier molecular flexibility index (Phi) is 5.19. The molecule has 0 spiro atoms. The largest absolute Gasteiger partial charge is 0.342 e. The van der Waals surface area contributed by atoms with Gasteiger partial charge in [0.2, 0.25) is 11.8 Å². The van der Waals surface area contributed by atoms with E-state index in [0.717, 1.165) is 16.7 Å². The van der Waals surface area contributed by atoms with Gasteiger partial charge in [-0.05, 0) is 48.7 Å². The molecule has 28 heavy (non-hydrogen) atoms. The predicted octanol–water partition coefficient (Wildman–Crippen LogP) is 2.73. The molecule has 0 aliphatic carbocycles. The van der Waals surface area contributed by atoms with Crippen molar-refractivity contribution < 1.29 is 14.0 Å². The van der Waals surface area contributed by atoms with Crippen LogP contribution >= 0.6 is 0 Å². The lowest BCUT2D eigenvalue weighted by atomic mass is 9.82. The van der Waals surface area contributed by atoms with Crippen LogP contribution in [-0.2, 0) is 16.0 Å². The summed E-state index contributed by atoms with van der Waals surface area (Å²) in [5, 5.41) is 15.1. The van der Waals surface area contributed by atoms with Gasteiger partial charge in [0.25, 0.3) is 0 Å². The summed E-state index contributed by atoms with van der Waals surface area (Å²) < 4.78 is 13.1. The Hall–Kier alpha value is -3.20. The van der Waals surface area contributed by atoms with E-state index in [2.05, 4.69) is 16.7 Å². The van der Waals surface area contributed by atoms with Gasteiger partial charge in [0, 0.05) is 12.3 Å². The maximum atomic E-state index is 13.1. The third-order valence-corrected chi connectivity index (χ3v) is 5.34.